The lowest BCUT2D eigenvalue weighted by molar-refractivity contribution is -0.121. The van der Waals surface area contributed by atoms with Crippen LogP contribution in [0.4, 0.5) is 0 Å². The number of carbonyl (C=O) groups is 2. The summed E-state index contributed by atoms with van der Waals surface area (Å²) in [7, 11) is 0. The fourth-order valence-electron chi connectivity index (χ4n) is 2.72. The molecule has 1 amide bonds. The second kappa shape index (κ2) is 8.00. The molecule has 2 aromatic heterocycles. The third-order valence-electron chi connectivity index (χ3n) is 4.00. The van der Waals surface area contributed by atoms with E-state index < -0.39 is 5.97 Å². The van der Waals surface area contributed by atoms with Crippen molar-refractivity contribution in [1.29, 1.82) is 0 Å². The zero-order valence-electron chi connectivity index (χ0n) is 15.1. The molecule has 0 aliphatic rings. The van der Waals surface area contributed by atoms with Crippen molar-refractivity contribution >= 4 is 11.9 Å². The van der Waals surface area contributed by atoms with Gasteiger partial charge in [0.05, 0.1) is 12.2 Å². The minimum Gasteiger partial charge on any atom is -0.475 e. The van der Waals surface area contributed by atoms with Gasteiger partial charge in [0.25, 0.3) is 0 Å². The lowest BCUT2D eigenvalue weighted by atomic mass is 10.1. The van der Waals surface area contributed by atoms with Crippen LogP contribution in [0.5, 0.6) is 0 Å². The molecule has 0 spiro atoms. The summed E-state index contributed by atoms with van der Waals surface area (Å²) < 4.78 is 7.11. The van der Waals surface area contributed by atoms with Crippen molar-refractivity contribution in [2.24, 2.45) is 5.92 Å². The molecule has 25 heavy (non-hydrogen) atoms. The van der Waals surface area contributed by atoms with E-state index in [9.17, 15) is 9.59 Å². The Bertz CT molecular complexity index is 758. The smallest absolute Gasteiger partial charge is 0.371 e. The number of furan rings is 1. The standard InChI is InChI=1S/C18H25N3O4/c1-11(2)10-21-13(4)15(12(3)20-21)6-8-17(22)19-9-14-5-7-16(25-14)18(23)24/h5,7,11H,6,8-10H2,1-4H3,(H,19,22)(H,23,24). The van der Waals surface area contributed by atoms with E-state index in [0.717, 1.165) is 23.5 Å². The number of aromatic nitrogens is 2. The van der Waals surface area contributed by atoms with Crippen LogP contribution in [0.25, 0.3) is 0 Å². The van der Waals surface area contributed by atoms with E-state index in [1.165, 1.54) is 6.07 Å². The summed E-state index contributed by atoms with van der Waals surface area (Å²) in [6.45, 7) is 9.33. The highest BCUT2D eigenvalue weighted by atomic mass is 16.4. The van der Waals surface area contributed by atoms with Gasteiger partial charge in [0.15, 0.2) is 0 Å². The van der Waals surface area contributed by atoms with Crippen LogP contribution >= 0.6 is 0 Å². The molecule has 7 nitrogen and oxygen atoms in total. The molecule has 0 radical (unpaired) electrons. The fourth-order valence-corrected chi connectivity index (χ4v) is 2.72. The second-order valence-electron chi connectivity index (χ2n) is 6.57. The quantitative estimate of drug-likeness (QED) is 0.765. The normalized spacial score (nSPS) is 11.1. The average Bonchev–Trinajstić information content (AvgIpc) is 3.09. The van der Waals surface area contributed by atoms with Crippen LogP contribution in [-0.2, 0) is 24.3 Å². The van der Waals surface area contributed by atoms with Crippen LogP contribution in [0.3, 0.4) is 0 Å². The maximum Gasteiger partial charge on any atom is 0.371 e. The average molecular weight is 347 g/mol. The number of carboxylic acids is 1. The molecule has 2 aromatic rings. The van der Waals surface area contributed by atoms with E-state index >= 15 is 0 Å². The van der Waals surface area contributed by atoms with Crippen molar-refractivity contribution < 1.29 is 19.1 Å². The largest absolute Gasteiger partial charge is 0.475 e. The zero-order chi connectivity index (χ0) is 18.6. The third-order valence-corrected chi connectivity index (χ3v) is 4.00. The summed E-state index contributed by atoms with van der Waals surface area (Å²) in [6.07, 6.45) is 0.974. The minimum atomic E-state index is -1.12. The van der Waals surface area contributed by atoms with Crippen LogP contribution in [-0.4, -0.2) is 26.8 Å². The Morgan fingerprint density at radius 1 is 1.32 bits per heavy atom. The van der Waals surface area contributed by atoms with Crippen molar-refractivity contribution in [3.8, 4) is 0 Å². The van der Waals surface area contributed by atoms with Gasteiger partial charge in [-0.05, 0) is 43.9 Å². The van der Waals surface area contributed by atoms with E-state index in [0.29, 0.717) is 24.5 Å². The first-order chi connectivity index (χ1) is 11.8. The Morgan fingerprint density at radius 2 is 2.04 bits per heavy atom. The van der Waals surface area contributed by atoms with Gasteiger partial charge in [0.1, 0.15) is 5.76 Å². The van der Waals surface area contributed by atoms with Crippen LogP contribution < -0.4 is 5.32 Å². The molecule has 0 atom stereocenters. The highest BCUT2D eigenvalue weighted by molar-refractivity contribution is 5.84. The monoisotopic (exact) mass is 347 g/mol. The van der Waals surface area contributed by atoms with Crippen molar-refractivity contribution in [3.63, 3.8) is 0 Å². The minimum absolute atomic E-state index is 0.108. The molecular weight excluding hydrogens is 322 g/mol. The molecule has 136 valence electrons. The number of rotatable bonds is 8. The SMILES string of the molecule is Cc1nn(CC(C)C)c(C)c1CCC(=O)NCc1ccc(C(=O)O)o1. The van der Waals surface area contributed by atoms with Gasteiger partial charge in [-0.25, -0.2) is 4.79 Å². The highest BCUT2D eigenvalue weighted by Gasteiger charge is 2.14. The first-order valence-electron chi connectivity index (χ1n) is 8.39. The van der Waals surface area contributed by atoms with Gasteiger partial charge < -0.3 is 14.8 Å². The highest BCUT2D eigenvalue weighted by Crippen LogP contribution is 2.16. The Balaban J connectivity index is 1.87. The topological polar surface area (TPSA) is 97.4 Å². The molecule has 2 rings (SSSR count). The predicted molar refractivity (Wildman–Crippen MR) is 92.4 cm³/mol. The summed E-state index contributed by atoms with van der Waals surface area (Å²) in [6, 6.07) is 2.92. The van der Waals surface area contributed by atoms with Crippen molar-refractivity contribution in [1.82, 2.24) is 15.1 Å². The lowest BCUT2D eigenvalue weighted by Gasteiger charge is -2.08. The van der Waals surface area contributed by atoms with Crippen LogP contribution in [0.2, 0.25) is 0 Å². The summed E-state index contributed by atoms with van der Waals surface area (Å²) in [4.78, 5) is 22.8. The zero-order valence-corrected chi connectivity index (χ0v) is 15.1. The van der Waals surface area contributed by atoms with Gasteiger partial charge in [0.2, 0.25) is 11.7 Å². The van der Waals surface area contributed by atoms with E-state index in [4.69, 9.17) is 9.52 Å². The molecule has 0 fully saturated rings. The number of amides is 1. The van der Waals surface area contributed by atoms with E-state index in [1.54, 1.807) is 6.07 Å². The Kier molecular flexibility index (Phi) is 6.01. The molecule has 0 saturated heterocycles. The van der Waals surface area contributed by atoms with Gasteiger partial charge in [-0.15, -0.1) is 0 Å². The summed E-state index contributed by atoms with van der Waals surface area (Å²) >= 11 is 0. The second-order valence-corrected chi connectivity index (χ2v) is 6.57. The molecule has 0 aromatic carbocycles. The number of carboxylic acid groups (broad SMARTS) is 1. The fraction of sp³-hybridized carbons (Fsp3) is 0.500. The van der Waals surface area contributed by atoms with Crippen molar-refractivity contribution in [2.45, 2.75) is 53.6 Å². The number of hydrogen-bond donors (Lipinski definition) is 2. The van der Waals surface area contributed by atoms with E-state index in [1.807, 2.05) is 18.5 Å². The van der Waals surface area contributed by atoms with Gasteiger partial charge in [-0.2, -0.15) is 5.10 Å². The molecule has 2 heterocycles. The first kappa shape index (κ1) is 18.8. The Hall–Kier alpha value is -2.57. The molecule has 0 aliphatic heterocycles. The number of aromatic carboxylic acids is 1. The Labute approximate surface area is 147 Å². The Morgan fingerprint density at radius 3 is 2.64 bits per heavy atom. The summed E-state index contributed by atoms with van der Waals surface area (Å²) in [5, 5.41) is 16.1. The molecule has 0 saturated carbocycles. The van der Waals surface area contributed by atoms with Crippen molar-refractivity contribution in [3.05, 3.63) is 40.6 Å². The van der Waals surface area contributed by atoms with Gasteiger partial charge in [0, 0.05) is 18.7 Å². The predicted octanol–water partition coefficient (Wildman–Crippen LogP) is 2.70. The number of nitrogens with zero attached hydrogens (tertiary/aromatic N) is 2. The van der Waals surface area contributed by atoms with Crippen molar-refractivity contribution in [2.75, 3.05) is 0 Å². The number of carbonyl (C=O) groups excluding carboxylic acids is 1. The van der Waals surface area contributed by atoms with E-state index in [-0.39, 0.29) is 18.2 Å². The third kappa shape index (κ3) is 4.95. The van der Waals surface area contributed by atoms with Crippen LogP contribution in [0.1, 0.15) is 53.5 Å². The molecule has 0 bridgehead atoms. The van der Waals surface area contributed by atoms with Gasteiger partial charge >= 0.3 is 5.97 Å². The maximum absolute atomic E-state index is 12.0. The number of nitrogens with one attached hydrogen (secondary N) is 1. The maximum atomic E-state index is 12.0. The van der Waals surface area contributed by atoms with E-state index in [2.05, 4.69) is 24.3 Å². The molecule has 2 N–H and O–H groups in total. The molecule has 7 heteroatoms. The van der Waals surface area contributed by atoms with Gasteiger partial charge in [-0.3, -0.25) is 9.48 Å². The molecular formula is C18H25N3O4. The summed E-state index contributed by atoms with van der Waals surface area (Å²) in [5.74, 6) is -0.431. The van der Waals surface area contributed by atoms with Crippen LogP contribution in [0, 0.1) is 19.8 Å². The van der Waals surface area contributed by atoms with Gasteiger partial charge in [-0.1, -0.05) is 13.8 Å². The molecule has 0 unspecified atom stereocenters. The first-order valence-corrected chi connectivity index (χ1v) is 8.39. The lowest BCUT2D eigenvalue weighted by Crippen LogP contribution is -2.23. The number of aryl methyl sites for hydroxylation is 1. The molecule has 0 aliphatic carbocycles. The summed E-state index contributed by atoms with van der Waals surface area (Å²) in [5.41, 5.74) is 3.18. The van der Waals surface area contributed by atoms with Crippen LogP contribution in [0.15, 0.2) is 16.5 Å². The number of hydrogen-bond acceptors (Lipinski definition) is 4.